The lowest BCUT2D eigenvalue weighted by Crippen LogP contribution is -2.30. The van der Waals surface area contributed by atoms with Crippen LogP contribution in [0.3, 0.4) is 0 Å². The third kappa shape index (κ3) is 6.07. The van der Waals surface area contributed by atoms with Crippen molar-refractivity contribution in [1.82, 2.24) is 0 Å². The molecule has 0 N–H and O–H groups in total. The van der Waals surface area contributed by atoms with Crippen LogP contribution in [0.5, 0.6) is 0 Å². The molecule has 0 radical (unpaired) electrons. The van der Waals surface area contributed by atoms with Crippen molar-refractivity contribution in [2.24, 2.45) is 0 Å². The molecule has 0 bridgehead atoms. The van der Waals surface area contributed by atoms with Gasteiger partial charge in [0.25, 0.3) is 0 Å². The monoisotopic (exact) mass is 408 g/mol. The van der Waals surface area contributed by atoms with Gasteiger partial charge in [-0.3, -0.25) is 9.59 Å². The van der Waals surface area contributed by atoms with E-state index in [-0.39, 0.29) is 6.42 Å². The first-order valence-corrected chi connectivity index (χ1v) is 7.28. The maximum atomic E-state index is 13.4. The second kappa shape index (κ2) is 9.00. The first-order valence-electron chi connectivity index (χ1n) is 7.28. The van der Waals surface area contributed by atoms with Crippen LogP contribution in [-0.4, -0.2) is 24.2 Å². The van der Waals surface area contributed by atoms with Crippen molar-refractivity contribution in [3.8, 4) is 0 Å². The molecule has 0 heterocycles. The van der Waals surface area contributed by atoms with Crippen LogP contribution in [-0.2, 0) is 25.7 Å². The smallest absolute Gasteiger partial charge is 0.425 e. The highest BCUT2D eigenvalue weighted by atomic mass is 19.4. The number of rotatable bonds is 7. The van der Waals surface area contributed by atoms with E-state index in [0.717, 1.165) is 0 Å². The Kier molecular flexibility index (Phi) is 7.55. The zero-order valence-electron chi connectivity index (χ0n) is 13.6. The molecule has 0 amide bonds. The summed E-state index contributed by atoms with van der Waals surface area (Å²) in [6.45, 7) is -0.656. The number of benzene rings is 1. The first kappa shape index (κ1) is 22.6. The highest BCUT2D eigenvalue weighted by Gasteiger charge is 2.39. The summed E-state index contributed by atoms with van der Waals surface area (Å²) in [6.07, 6.45) is -8.56. The second-order valence-electron chi connectivity index (χ2n) is 5.24. The number of alkyl halides is 3. The van der Waals surface area contributed by atoms with Crippen LogP contribution in [0.4, 0.5) is 35.1 Å². The molecule has 1 atom stereocenters. The minimum Gasteiger partial charge on any atom is -0.461 e. The van der Waals surface area contributed by atoms with Crippen LogP contribution >= 0.6 is 0 Å². The maximum absolute atomic E-state index is 13.4. The Morgan fingerprint density at radius 2 is 1.30 bits per heavy atom. The van der Waals surface area contributed by atoms with E-state index in [4.69, 9.17) is 0 Å². The number of carbonyl (C=O) groups is 2. The van der Waals surface area contributed by atoms with Gasteiger partial charge in [0.05, 0.1) is 5.56 Å². The molecule has 0 aliphatic carbocycles. The van der Waals surface area contributed by atoms with E-state index >= 15 is 0 Å². The lowest BCUT2D eigenvalue weighted by Gasteiger charge is -2.16. The van der Waals surface area contributed by atoms with Crippen molar-refractivity contribution in [1.29, 1.82) is 0 Å². The summed E-state index contributed by atoms with van der Waals surface area (Å²) in [4.78, 5) is 22.5. The number of halogens is 8. The summed E-state index contributed by atoms with van der Waals surface area (Å²) in [6, 6.07) is 0. The molecule has 1 aromatic rings. The maximum Gasteiger partial charge on any atom is 0.425 e. The number of carbonyl (C=O) groups excluding carboxylic acids is 2. The lowest BCUT2D eigenvalue weighted by atomic mass is 10.2. The number of hydrogen-bond donors (Lipinski definition) is 0. The minimum absolute atomic E-state index is 0.320. The van der Waals surface area contributed by atoms with Crippen molar-refractivity contribution < 1.29 is 54.2 Å². The first-order chi connectivity index (χ1) is 12.4. The van der Waals surface area contributed by atoms with Crippen LogP contribution in [0.2, 0.25) is 0 Å². The van der Waals surface area contributed by atoms with E-state index < -0.39 is 78.3 Å². The molecular weight excluding hydrogens is 396 g/mol. The predicted octanol–water partition coefficient (Wildman–Crippen LogP) is 4.09. The number of ether oxygens (including phenoxy) is 2. The van der Waals surface area contributed by atoms with Crippen molar-refractivity contribution >= 4 is 11.9 Å². The van der Waals surface area contributed by atoms with Gasteiger partial charge in [0.2, 0.25) is 5.82 Å². The van der Waals surface area contributed by atoms with Crippen molar-refractivity contribution in [3.05, 3.63) is 34.6 Å². The fraction of sp³-hybridized carbons (Fsp3) is 0.467. The predicted molar refractivity (Wildman–Crippen MR) is 71.5 cm³/mol. The van der Waals surface area contributed by atoms with Gasteiger partial charge in [-0.05, 0) is 13.3 Å². The zero-order valence-corrected chi connectivity index (χ0v) is 13.6. The average molecular weight is 408 g/mol. The van der Waals surface area contributed by atoms with Gasteiger partial charge in [-0.25, -0.2) is 22.0 Å². The molecule has 1 unspecified atom stereocenters. The van der Waals surface area contributed by atoms with Gasteiger partial charge >= 0.3 is 18.1 Å². The minimum atomic E-state index is -4.75. The molecule has 27 heavy (non-hydrogen) atoms. The van der Waals surface area contributed by atoms with E-state index in [2.05, 4.69) is 9.47 Å². The van der Waals surface area contributed by atoms with Gasteiger partial charge in [0, 0.05) is 12.8 Å². The van der Waals surface area contributed by atoms with Crippen molar-refractivity contribution in [2.75, 3.05) is 0 Å². The molecule has 152 valence electrons. The van der Waals surface area contributed by atoms with Gasteiger partial charge in [0.1, 0.15) is 6.61 Å². The van der Waals surface area contributed by atoms with Crippen LogP contribution in [0.25, 0.3) is 0 Å². The normalized spacial score (nSPS) is 12.6. The van der Waals surface area contributed by atoms with Crippen LogP contribution in [0, 0.1) is 29.1 Å². The molecule has 0 spiro atoms. The Hall–Kier alpha value is -2.40. The molecule has 12 heteroatoms. The van der Waals surface area contributed by atoms with Gasteiger partial charge < -0.3 is 9.47 Å². The molecular formula is C15H12F8O4. The molecule has 0 saturated carbocycles. The largest absolute Gasteiger partial charge is 0.461 e. The average Bonchev–Trinajstić information content (AvgIpc) is 2.57. The summed E-state index contributed by atoms with van der Waals surface area (Å²) in [5, 5.41) is 0. The summed E-state index contributed by atoms with van der Waals surface area (Å²) < 4.78 is 110. The number of hydrogen-bond acceptors (Lipinski definition) is 4. The SMILES string of the molecule is CC(OC(=O)CCCC(=O)OCc1c(F)c(F)c(F)c(F)c1F)C(F)(F)F. The standard InChI is InChI=1S/C15H12F8O4/c1-6(15(21,22)23)27-9(25)4-2-3-8(24)26-5-7-10(16)12(18)14(20)13(19)11(7)17/h6H,2-5H2,1H3. The molecule has 1 aromatic carbocycles. The Bertz CT molecular complexity index is 688. The zero-order chi connectivity index (χ0) is 20.9. The quantitative estimate of drug-likeness (QED) is 0.295. The third-order valence-corrected chi connectivity index (χ3v) is 3.21. The molecule has 4 nitrogen and oxygen atoms in total. The summed E-state index contributed by atoms with van der Waals surface area (Å²) >= 11 is 0. The van der Waals surface area contributed by atoms with Crippen LogP contribution in [0.1, 0.15) is 31.7 Å². The Balaban J connectivity index is 2.51. The molecule has 0 saturated heterocycles. The van der Waals surface area contributed by atoms with Gasteiger partial charge in [-0.1, -0.05) is 0 Å². The fourth-order valence-electron chi connectivity index (χ4n) is 1.70. The Morgan fingerprint density at radius 3 is 1.78 bits per heavy atom. The van der Waals surface area contributed by atoms with Gasteiger partial charge in [-0.2, -0.15) is 13.2 Å². The van der Waals surface area contributed by atoms with Crippen molar-refractivity contribution in [3.63, 3.8) is 0 Å². The van der Waals surface area contributed by atoms with E-state index in [1.54, 1.807) is 0 Å². The third-order valence-electron chi connectivity index (χ3n) is 3.21. The van der Waals surface area contributed by atoms with Crippen LogP contribution in [0.15, 0.2) is 0 Å². The summed E-state index contributed by atoms with van der Waals surface area (Å²) in [5.74, 6) is -13.5. The van der Waals surface area contributed by atoms with Gasteiger partial charge in [0.15, 0.2) is 29.4 Å². The Morgan fingerprint density at radius 1 is 0.852 bits per heavy atom. The second-order valence-corrected chi connectivity index (χ2v) is 5.24. The molecule has 0 aliphatic rings. The molecule has 0 fully saturated rings. The summed E-state index contributed by atoms with van der Waals surface area (Å²) in [5.41, 5.74) is -1.36. The lowest BCUT2D eigenvalue weighted by molar-refractivity contribution is -0.216. The highest BCUT2D eigenvalue weighted by Crippen LogP contribution is 2.24. The summed E-state index contributed by atoms with van der Waals surface area (Å²) in [7, 11) is 0. The number of esters is 2. The molecule has 0 aliphatic heterocycles. The van der Waals surface area contributed by atoms with Gasteiger partial charge in [-0.15, -0.1) is 0 Å². The van der Waals surface area contributed by atoms with Crippen LogP contribution < -0.4 is 0 Å². The highest BCUT2D eigenvalue weighted by molar-refractivity contribution is 5.72. The van der Waals surface area contributed by atoms with Crippen molar-refractivity contribution in [2.45, 2.75) is 45.1 Å². The fourth-order valence-corrected chi connectivity index (χ4v) is 1.70. The van der Waals surface area contributed by atoms with E-state index in [0.29, 0.717) is 6.92 Å². The molecule has 1 rings (SSSR count). The van der Waals surface area contributed by atoms with E-state index in [9.17, 15) is 44.7 Å². The Labute approximate surface area is 147 Å². The molecule has 0 aromatic heterocycles. The van der Waals surface area contributed by atoms with E-state index in [1.165, 1.54) is 0 Å². The van der Waals surface area contributed by atoms with E-state index in [1.807, 2.05) is 0 Å². The topological polar surface area (TPSA) is 52.6 Å².